The van der Waals surface area contributed by atoms with Gasteiger partial charge in [-0.3, -0.25) is 0 Å². The van der Waals surface area contributed by atoms with Gasteiger partial charge in [0.15, 0.2) is 11.6 Å². The summed E-state index contributed by atoms with van der Waals surface area (Å²) < 4.78 is 28.9. The van der Waals surface area contributed by atoms with Crippen molar-refractivity contribution in [3.63, 3.8) is 0 Å². The number of aromatic nitrogens is 2. The quantitative estimate of drug-likeness (QED) is 0.754. The molecule has 0 saturated carbocycles. The molecule has 2 nitrogen and oxygen atoms in total. The molecule has 1 aromatic carbocycles. The molecular formula is C13H15ClF2N2. The first-order valence-corrected chi connectivity index (χ1v) is 6.48. The third-order valence-corrected chi connectivity index (χ3v) is 3.12. The molecule has 0 spiro atoms. The zero-order valence-corrected chi connectivity index (χ0v) is 11.1. The Hall–Kier alpha value is -1.16. The third kappa shape index (κ3) is 2.21. The SMILES string of the molecule is CCCCn1c(C(C)Cl)nc2ccc(F)c(F)c21. The van der Waals surface area contributed by atoms with Crippen LogP contribution in [0.15, 0.2) is 12.1 Å². The first-order chi connectivity index (χ1) is 8.56. The minimum Gasteiger partial charge on any atom is -0.324 e. The summed E-state index contributed by atoms with van der Waals surface area (Å²) in [5, 5.41) is -0.336. The van der Waals surface area contributed by atoms with Gasteiger partial charge in [-0.25, -0.2) is 13.8 Å². The van der Waals surface area contributed by atoms with Gasteiger partial charge in [0.25, 0.3) is 0 Å². The van der Waals surface area contributed by atoms with Crippen LogP contribution in [0.25, 0.3) is 11.0 Å². The van der Waals surface area contributed by atoms with Crippen molar-refractivity contribution in [1.82, 2.24) is 9.55 Å². The Balaban J connectivity index is 2.66. The van der Waals surface area contributed by atoms with E-state index in [1.54, 1.807) is 11.5 Å². The molecular weight excluding hydrogens is 258 g/mol. The van der Waals surface area contributed by atoms with Crippen LogP contribution in [0, 0.1) is 11.6 Å². The number of aryl methyl sites for hydroxylation is 1. The number of fused-ring (bicyclic) bond motifs is 1. The van der Waals surface area contributed by atoms with Crippen molar-refractivity contribution in [2.24, 2.45) is 0 Å². The second-order valence-corrected chi connectivity index (χ2v) is 4.97. The number of imidazole rings is 1. The second-order valence-electron chi connectivity index (χ2n) is 4.32. The van der Waals surface area contributed by atoms with Gasteiger partial charge in [0, 0.05) is 6.54 Å². The van der Waals surface area contributed by atoms with Gasteiger partial charge in [0.05, 0.1) is 10.9 Å². The average Bonchev–Trinajstić information content (AvgIpc) is 2.71. The van der Waals surface area contributed by atoms with Crippen molar-refractivity contribution in [3.05, 3.63) is 29.6 Å². The van der Waals surface area contributed by atoms with Crippen molar-refractivity contribution >= 4 is 22.6 Å². The molecule has 0 saturated heterocycles. The Morgan fingerprint density at radius 2 is 2.11 bits per heavy atom. The predicted octanol–water partition coefficient (Wildman–Crippen LogP) is 4.41. The molecule has 1 atom stereocenters. The smallest absolute Gasteiger partial charge is 0.184 e. The molecule has 0 aliphatic carbocycles. The van der Waals surface area contributed by atoms with Crippen LogP contribution in [-0.4, -0.2) is 9.55 Å². The largest absolute Gasteiger partial charge is 0.324 e. The summed E-state index contributed by atoms with van der Waals surface area (Å²) in [7, 11) is 0. The highest BCUT2D eigenvalue weighted by Crippen LogP contribution is 2.27. The van der Waals surface area contributed by atoms with Gasteiger partial charge in [0.2, 0.25) is 0 Å². The van der Waals surface area contributed by atoms with Gasteiger partial charge >= 0.3 is 0 Å². The minimum atomic E-state index is -0.853. The van der Waals surface area contributed by atoms with E-state index in [4.69, 9.17) is 11.6 Å². The molecule has 1 heterocycles. The van der Waals surface area contributed by atoms with E-state index in [-0.39, 0.29) is 10.9 Å². The topological polar surface area (TPSA) is 17.8 Å². The van der Waals surface area contributed by atoms with Gasteiger partial charge in [0.1, 0.15) is 11.3 Å². The van der Waals surface area contributed by atoms with E-state index in [1.165, 1.54) is 6.07 Å². The van der Waals surface area contributed by atoms with E-state index in [9.17, 15) is 8.78 Å². The fourth-order valence-electron chi connectivity index (χ4n) is 2.02. The number of rotatable bonds is 4. The fourth-order valence-corrected chi connectivity index (χ4v) is 2.19. The molecule has 18 heavy (non-hydrogen) atoms. The standard InChI is InChI=1S/C13H15ClF2N2/c1-3-4-7-18-12-10(17-13(18)8(2)14)6-5-9(15)11(12)16/h5-6,8H,3-4,7H2,1-2H3. The van der Waals surface area contributed by atoms with Gasteiger partial charge in [-0.05, 0) is 25.5 Å². The number of hydrogen-bond acceptors (Lipinski definition) is 1. The lowest BCUT2D eigenvalue weighted by atomic mass is 10.2. The Morgan fingerprint density at radius 3 is 2.72 bits per heavy atom. The molecule has 0 radical (unpaired) electrons. The summed E-state index contributed by atoms with van der Waals surface area (Å²) in [6, 6.07) is 2.58. The summed E-state index contributed by atoms with van der Waals surface area (Å²) >= 11 is 6.05. The number of alkyl halides is 1. The monoisotopic (exact) mass is 272 g/mol. The molecule has 98 valence electrons. The molecule has 1 aromatic heterocycles. The lowest BCUT2D eigenvalue weighted by Gasteiger charge is -2.10. The normalized spacial score (nSPS) is 13.2. The zero-order valence-electron chi connectivity index (χ0n) is 10.4. The number of benzene rings is 1. The van der Waals surface area contributed by atoms with Gasteiger partial charge in [-0.2, -0.15) is 0 Å². The minimum absolute atomic E-state index is 0.214. The first kappa shape index (κ1) is 13.3. The van der Waals surface area contributed by atoms with Crippen LogP contribution in [0.4, 0.5) is 8.78 Å². The predicted molar refractivity (Wildman–Crippen MR) is 68.8 cm³/mol. The maximum absolute atomic E-state index is 13.9. The highest BCUT2D eigenvalue weighted by atomic mass is 35.5. The molecule has 0 fully saturated rings. The molecule has 2 rings (SSSR count). The molecule has 0 aliphatic rings. The highest BCUT2D eigenvalue weighted by molar-refractivity contribution is 6.20. The van der Waals surface area contributed by atoms with E-state index >= 15 is 0 Å². The average molecular weight is 273 g/mol. The lowest BCUT2D eigenvalue weighted by molar-refractivity contribution is 0.508. The van der Waals surface area contributed by atoms with E-state index in [0.717, 1.165) is 18.9 Å². The zero-order chi connectivity index (χ0) is 13.3. The molecule has 0 aliphatic heterocycles. The summed E-state index contributed by atoms with van der Waals surface area (Å²) in [4.78, 5) is 4.29. The van der Waals surface area contributed by atoms with Crippen LogP contribution in [0.5, 0.6) is 0 Å². The first-order valence-electron chi connectivity index (χ1n) is 6.04. The number of unbranched alkanes of at least 4 members (excludes halogenated alkanes) is 1. The molecule has 1 unspecified atom stereocenters. The molecule has 0 amide bonds. The van der Waals surface area contributed by atoms with Crippen LogP contribution < -0.4 is 0 Å². The van der Waals surface area contributed by atoms with E-state index < -0.39 is 11.6 Å². The number of hydrogen-bond donors (Lipinski definition) is 0. The number of halogens is 3. The number of nitrogens with zero attached hydrogens (tertiary/aromatic N) is 2. The summed E-state index contributed by atoms with van der Waals surface area (Å²) in [6.45, 7) is 4.42. The van der Waals surface area contributed by atoms with Crippen molar-refractivity contribution in [3.8, 4) is 0 Å². The van der Waals surface area contributed by atoms with Crippen LogP contribution in [-0.2, 0) is 6.54 Å². The van der Waals surface area contributed by atoms with Crippen molar-refractivity contribution in [2.75, 3.05) is 0 Å². The lowest BCUT2D eigenvalue weighted by Crippen LogP contribution is -2.05. The van der Waals surface area contributed by atoms with Crippen molar-refractivity contribution in [1.29, 1.82) is 0 Å². The molecule has 0 bridgehead atoms. The van der Waals surface area contributed by atoms with Crippen LogP contribution in [0.3, 0.4) is 0 Å². The summed E-state index contributed by atoms with van der Waals surface area (Å²) in [6.07, 6.45) is 1.84. The van der Waals surface area contributed by atoms with Gasteiger partial charge in [-0.15, -0.1) is 11.6 Å². The summed E-state index contributed by atoms with van der Waals surface area (Å²) in [5.41, 5.74) is 0.665. The van der Waals surface area contributed by atoms with Crippen LogP contribution in [0.1, 0.15) is 37.9 Å². The summed E-state index contributed by atoms with van der Waals surface area (Å²) in [5.74, 6) is -1.11. The van der Waals surface area contributed by atoms with Gasteiger partial charge < -0.3 is 4.57 Å². The maximum atomic E-state index is 13.9. The van der Waals surface area contributed by atoms with Gasteiger partial charge in [-0.1, -0.05) is 13.3 Å². The van der Waals surface area contributed by atoms with E-state index in [1.807, 2.05) is 6.92 Å². The Morgan fingerprint density at radius 1 is 1.39 bits per heavy atom. The third-order valence-electron chi connectivity index (χ3n) is 2.92. The van der Waals surface area contributed by atoms with E-state index in [0.29, 0.717) is 17.9 Å². The second kappa shape index (κ2) is 5.22. The molecule has 0 N–H and O–H groups in total. The Bertz CT molecular complexity index is 564. The van der Waals surface area contributed by atoms with Crippen molar-refractivity contribution < 1.29 is 8.78 Å². The highest BCUT2D eigenvalue weighted by Gasteiger charge is 2.19. The molecule has 5 heteroatoms. The maximum Gasteiger partial charge on any atom is 0.184 e. The van der Waals surface area contributed by atoms with Crippen LogP contribution >= 0.6 is 11.6 Å². The van der Waals surface area contributed by atoms with Crippen molar-refractivity contribution in [2.45, 2.75) is 38.6 Å². The van der Waals surface area contributed by atoms with E-state index in [2.05, 4.69) is 4.98 Å². The Kier molecular flexibility index (Phi) is 3.85. The fraction of sp³-hybridized carbons (Fsp3) is 0.462. The Labute approximate surface area is 110 Å². The van der Waals surface area contributed by atoms with Crippen LogP contribution in [0.2, 0.25) is 0 Å². The molecule has 2 aromatic rings.